The van der Waals surface area contributed by atoms with Crippen LogP contribution in [0.4, 0.5) is 0 Å². The van der Waals surface area contributed by atoms with Crippen molar-refractivity contribution in [2.45, 2.75) is 77.0 Å². The van der Waals surface area contributed by atoms with Crippen LogP contribution in [0, 0.1) is 0 Å². The quantitative estimate of drug-likeness (QED) is 0.350. The van der Waals surface area contributed by atoms with Gasteiger partial charge in [0.1, 0.15) is 0 Å². The molecule has 2 aliphatic heterocycles. The lowest BCUT2D eigenvalue weighted by molar-refractivity contribution is 0.365. The van der Waals surface area contributed by atoms with Crippen molar-refractivity contribution in [1.82, 2.24) is 0 Å². The normalized spacial score (nSPS) is 18.5. The summed E-state index contributed by atoms with van der Waals surface area (Å²) >= 11 is 0. The highest BCUT2D eigenvalue weighted by Gasteiger charge is 2.44. The smallest absolute Gasteiger partial charge is 0.405 e. The second-order valence-corrected chi connectivity index (χ2v) is 10.1. The first-order valence-electron chi connectivity index (χ1n) is 13.5. The molecule has 2 aromatic carbocycles. The first-order chi connectivity index (χ1) is 16.8. The molecule has 180 valence electrons. The van der Waals surface area contributed by atoms with E-state index in [1.54, 1.807) is 0 Å². The standard InChI is InChI=1S/C28H38B2O4/c1-3-5-6-7-8-9-15-28(14-4-2)26-20-22(29-31-16-17-32-29)10-12-24(26)25-13-11-23(21-27(25)28)30-33-18-19-34-30/h10-13,20-21H,3-9,14-19H2,1-2H3. The lowest BCUT2D eigenvalue weighted by Gasteiger charge is -2.33. The highest BCUT2D eigenvalue weighted by atomic mass is 16.6. The van der Waals surface area contributed by atoms with Gasteiger partial charge in [0.05, 0.1) is 26.4 Å². The summed E-state index contributed by atoms with van der Waals surface area (Å²) in [6.45, 7) is 7.29. The molecular formula is C28H38B2O4. The van der Waals surface area contributed by atoms with E-state index in [-0.39, 0.29) is 19.7 Å². The molecule has 1 aliphatic carbocycles. The second kappa shape index (κ2) is 11.0. The van der Waals surface area contributed by atoms with Crippen LogP contribution in [0.1, 0.15) is 82.8 Å². The van der Waals surface area contributed by atoms with Crippen molar-refractivity contribution in [1.29, 1.82) is 0 Å². The van der Waals surface area contributed by atoms with Crippen LogP contribution in [0.2, 0.25) is 0 Å². The van der Waals surface area contributed by atoms with Crippen LogP contribution in [0.3, 0.4) is 0 Å². The largest absolute Gasteiger partial charge is 0.494 e. The molecule has 0 unspecified atom stereocenters. The van der Waals surface area contributed by atoms with E-state index in [1.807, 2.05) is 0 Å². The van der Waals surface area contributed by atoms with Gasteiger partial charge < -0.3 is 18.6 Å². The third kappa shape index (κ3) is 4.63. The molecule has 0 N–H and O–H groups in total. The zero-order chi connectivity index (χ0) is 23.4. The van der Waals surface area contributed by atoms with E-state index in [2.05, 4.69) is 50.2 Å². The van der Waals surface area contributed by atoms with Gasteiger partial charge in [0.15, 0.2) is 0 Å². The molecule has 0 saturated carbocycles. The van der Waals surface area contributed by atoms with E-state index in [0.717, 1.165) is 23.8 Å². The molecule has 2 fully saturated rings. The van der Waals surface area contributed by atoms with Crippen LogP contribution < -0.4 is 10.9 Å². The second-order valence-electron chi connectivity index (χ2n) is 10.1. The molecular weight excluding hydrogens is 422 g/mol. The third-order valence-corrected chi connectivity index (χ3v) is 7.83. The molecule has 34 heavy (non-hydrogen) atoms. The van der Waals surface area contributed by atoms with Gasteiger partial charge >= 0.3 is 14.2 Å². The molecule has 0 radical (unpaired) electrons. The lowest BCUT2D eigenvalue weighted by Crippen LogP contribution is -2.35. The fourth-order valence-corrected chi connectivity index (χ4v) is 6.22. The predicted octanol–water partition coefficient (Wildman–Crippen LogP) is 4.99. The van der Waals surface area contributed by atoms with Crippen LogP contribution in [-0.2, 0) is 24.0 Å². The summed E-state index contributed by atoms with van der Waals surface area (Å²) in [5.41, 5.74) is 7.98. The summed E-state index contributed by atoms with van der Waals surface area (Å²) in [5.74, 6) is 0. The summed E-state index contributed by atoms with van der Waals surface area (Å²) in [5, 5.41) is 0. The molecule has 5 rings (SSSR count). The Kier molecular flexibility index (Phi) is 7.80. The molecule has 0 aromatic heterocycles. The molecule has 2 aromatic rings. The van der Waals surface area contributed by atoms with Crippen molar-refractivity contribution in [3.05, 3.63) is 47.5 Å². The number of hydrogen-bond acceptors (Lipinski definition) is 4. The van der Waals surface area contributed by atoms with Gasteiger partial charge in [-0.3, -0.25) is 0 Å². The van der Waals surface area contributed by atoms with Crippen LogP contribution in [0.5, 0.6) is 0 Å². The van der Waals surface area contributed by atoms with Gasteiger partial charge in [0.25, 0.3) is 0 Å². The van der Waals surface area contributed by atoms with E-state index < -0.39 is 0 Å². The Morgan fingerprint density at radius 3 is 1.62 bits per heavy atom. The number of benzene rings is 2. The summed E-state index contributed by atoms with van der Waals surface area (Å²) in [6.07, 6.45) is 11.4. The maximum Gasteiger partial charge on any atom is 0.494 e. The van der Waals surface area contributed by atoms with Crippen molar-refractivity contribution < 1.29 is 18.6 Å². The lowest BCUT2D eigenvalue weighted by atomic mass is 9.67. The van der Waals surface area contributed by atoms with Crippen molar-refractivity contribution in [3.63, 3.8) is 0 Å². The molecule has 6 heteroatoms. The van der Waals surface area contributed by atoms with E-state index in [1.165, 1.54) is 67.2 Å². The molecule has 0 bridgehead atoms. The third-order valence-electron chi connectivity index (χ3n) is 7.83. The SMILES string of the molecule is CCCCCCCCC1(CCC)c2cc(B3OCCO3)ccc2-c2ccc(B3OCCO3)cc21. The minimum Gasteiger partial charge on any atom is -0.405 e. The topological polar surface area (TPSA) is 36.9 Å². The predicted molar refractivity (Wildman–Crippen MR) is 140 cm³/mol. The fraction of sp³-hybridized carbons (Fsp3) is 0.571. The van der Waals surface area contributed by atoms with Gasteiger partial charge in [-0.05, 0) is 46.0 Å². The maximum absolute atomic E-state index is 5.87. The minimum absolute atomic E-state index is 0.0212. The number of rotatable bonds is 11. The van der Waals surface area contributed by atoms with Crippen LogP contribution in [0.15, 0.2) is 36.4 Å². The summed E-state index contributed by atoms with van der Waals surface area (Å²) < 4.78 is 23.5. The molecule has 2 saturated heterocycles. The Morgan fingerprint density at radius 1 is 0.618 bits per heavy atom. The van der Waals surface area contributed by atoms with Gasteiger partial charge in [0, 0.05) is 5.41 Å². The first-order valence-corrected chi connectivity index (χ1v) is 13.5. The van der Waals surface area contributed by atoms with Gasteiger partial charge in [-0.2, -0.15) is 0 Å². The van der Waals surface area contributed by atoms with E-state index in [9.17, 15) is 0 Å². The van der Waals surface area contributed by atoms with Crippen molar-refractivity contribution in [3.8, 4) is 11.1 Å². The average Bonchev–Trinajstić information content (AvgIpc) is 3.63. The zero-order valence-electron chi connectivity index (χ0n) is 20.9. The summed E-state index contributed by atoms with van der Waals surface area (Å²) in [7, 11) is -0.475. The summed E-state index contributed by atoms with van der Waals surface area (Å²) in [4.78, 5) is 0. The van der Waals surface area contributed by atoms with Crippen molar-refractivity contribution in [2.24, 2.45) is 0 Å². The molecule has 4 nitrogen and oxygen atoms in total. The van der Waals surface area contributed by atoms with Gasteiger partial charge in [-0.15, -0.1) is 0 Å². The minimum atomic E-state index is -0.238. The van der Waals surface area contributed by atoms with Crippen LogP contribution in [-0.4, -0.2) is 40.7 Å². The number of hydrogen-bond donors (Lipinski definition) is 0. The number of fused-ring (bicyclic) bond motifs is 3. The van der Waals surface area contributed by atoms with Crippen molar-refractivity contribution in [2.75, 3.05) is 26.4 Å². The Bertz CT molecular complexity index is 901. The van der Waals surface area contributed by atoms with Crippen LogP contribution in [0.25, 0.3) is 11.1 Å². The fourth-order valence-electron chi connectivity index (χ4n) is 6.22. The Morgan fingerprint density at radius 2 is 1.12 bits per heavy atom. The van der Waals surface area contributed by atoms with Gasteiger partial charge in [-0.1, -0.05) is 95.2 Å². The molecule has 3 aliphatic rings. The van der Waals surface area contributed by atoms with E-state index in [0.29, 0.717) is 26.4 Å². The van der Waals surface area contributed by atoms with E-state index in [4.69, 9.17) is 18.6 Å². The molecule has 0 amide bonds. The maximum atomic E-state index is 5.87. The van der Waals surface area contributed by atoms with Crippen molar-refractivity contribution >= 4 is 25.2 Å². The van der Waals surface area contributed by atoms with Gasteiger partial charge in [0.2, 0.25) is 0 Å². The first kappa shape index (κ1) is 24.1. The summed E-state index contributed by atoms with van der Waals surface area (Å²) in [6, 6.07) is 13.8. The number of unbranched alkanes of at least 4 members (excludes halogenated alkanes) is 5. The monoisotopic (exact) mass is 460 g/mol. The van der Waals surface area contributed by atoms with Crippen LogP contribution >= 0.6 is 0 Å². The Labute approximate surface area is 206 Å². The molecule has 0 atom stereocenters. The van der Waals surface area contributed by atoms with E-state index >= 15 is 0 Å². The molecule has 0 spiro atoms. The Balaban J connectivity index is 1.52. The Hall–Kier alpha value is -1.59. The van der Waals surface area contributed by atoms with Gasteiger partial charge in [-0.25, -0.2) is 0 Å². The highest BCUT2D eigenvalue weighted by Crippen LogP contribution is 2.53. The zero-order valence-corrected chi connectivity index (χ0v) is 20.9. The molecule has 2 heterocycles. The average molecular weight is 460 g/mol. The highest BCUT2D eigenvalue weighted by molar-refractivity contribution is 6.62.